The molecule has 0 atom stereocenters. The first-order valence-electron chi connectivity index (χ1n) is 12.6. The van der Waals surface area contributed by atoms with Crippen molar-refractivity contribution in [1.82, 2.24) is 0 Å². The molecule has 0 fully saturated rings. The SMILES string of the molecule is CC1=C(C)C(C)(C)[C]([Ti+2][N](c2ccccc2-c2ccccc2)c2ccccc2-c2ccccc2)=C1C.[Cl-].[Cl-]. The average molecular weight is 574 g/mol. The molecule has 4 heteroatoms. The molecule has 38 heavy (non-hydrogen) atoms. The molecular weight excluding hydrogens is 541 g/mol. The van der Waals surface area contributed by atoms with Gasteiger partial charge in [0.2, 0.25) is 0 Å². The summed E-state index contributed by atoms with van der Waals surface area (Å²) in [6, 6.07) is 39.4. The molecule has 1 aliphatic rings. The summed E-state index contributed by atoms with van der Waals surface area (Å²) in [4.78, 5) is 0. The fourth-order valence-electron chi connectivity index (χ4n) is 5.24. The number of rotatable bonds is 6. The molecule has 192 valence electrons. The zero-order chi connectivity index (χ0) is 25.3. The van der Waals surface area contributed by atoms with E-state index in [0.717, 1.165) is 0 Å². The minimum atomic E-state index is -0.719. The van der Waals surface area contributed by atoms with Crippen molar-refractivity contribution in [3.63, 3.8) is 0 Å². The fourth-order valence-corrected chi connectivity index (χ4v) is 7.86. The van der Waals surface area contributed by atoms with Crippen LogP contribution < -0.4 is 28.2 Å². The largest absolute Gasteiger partial charge is 1.00 e. The van der Waals surface area contributed by atoms with Crippen LogP contribution in [0.1, 0.15) is 34.6 Å². The van der Waals surface area contributed by atoms with Crippen LogP contribution in [0, 0.1) is 5.41 Å². The smallest absolute Gasteiger partial charge is 1.00 e. The molecule has 0 amide bonds. The molecule has 0 aromatic heterocycles. The molecule has 1 aliphatic carbocycles. The van der Waals surface area contributed by atoms with Gasteiger partial charge in [0.25, 0.3) is 0 Å². The van der Waals surface area contributed by atoms with Crippen molar-refractivity contribution >= 4 is 11.4 Å². The molecule has 0 spiro atoms. The summed E-state index contributed by atoms with van der Waals surface area (Å²) < 4.78 is 4.28. The van der Waals surface area contributed by atoms with E-state index < -0.39 is 19.4 Å². The first-order chi connectivity index (χ1) is 17.4. The van der Waals surface area contributed by atoms with Gasteiger partial charge >= 0.3 is 226 Å². The van der Waals surface area contributed by atoms with Crippen molar-refractivity contribution in [2.75, 3.05) is 3.38 Å². The van der Waals surface area contributed by atoms with E-state index >= 15 is 0 Å². The molecule has 1 nitrogen and oxygen atoms in total. The summed E-state index contributed by atoms with van der Waals surface area (Å²) in [7, 11) is 0. The second kappa shape index (κ2) is 12.5. The van der Waals surface area contributed by atoms with Crippen molar-refractivity contribution in [3.05, 3.63) is 130 Å². The van der Waals surface area contributed by atoms with Crippen molar-refractivity contribution in [2.24, 2.45) is 5.41 Å². The van der Waals surface area contributed by atoms with Gasteiger partial charge in [-0.2, -0.15) is 0 Å². The number of halogens is 2. The molecule has 5 rings (SSSR count). The van der Waals surface area contributed by atoms with Crippen LogP contribution in [0.2, 0.25) is 0 Å². The minimum absolute atomic E-state index is 0. The Hall–Kier alpha value is -2.55. The first-order valence-corrected chi connectivity index (χ1v) is 14.1. The Morgan fingerprint density at radius 2 is 0.921 bits per heavy atom. The molecule has 4 aromatic carbocycles. The van der Waals surface area contributed by atoms with Gasteiger partial charge in [0.1, 0.15) is 0 Å². The van der Waals surface area contributed by atoms with Gasteiger partial charge in [-0.3, -0.25) is 0 Å². The van der Waals surface area contributed by atoms with E-state index in [-0.39, 0.29) is 30.2 Å². The number of anilines is 2. The monoisotopic (exact) mass is 573 g/mol. The van der Waals surface area contributed by atoms with Crippen molar-refractivity contribution in [3.8, 4) is 22.3 Å². The number of hydrogen-bond donors (Lipinski definition) is 0. The Kier molecular flexibility index (Phi) is 9.90. The molecule has 0 N–H and O–H groups in total. The number of allylic oxidation sites excluding steroid dienone is 4. The third-order valence-electron chi connectivity index (χ3n) is 7.75. The van der Waals surface area contributed by atoms with Crippen molar-refractivity contribution in [1.29, 1.82) is 0 Å². The third-order valence-corrected chi connectivity index (χ3v) is 10.8. The van der Waals surface area contributed by atoms with E-state index in [4.69, 9.17) is 0 Å². The van der Waals surface area contributed by atoms with Crippen molar-refractivity contribution in [2.45, 2.75) is 34.6 Å². The van der Waals surface area contributed by atoms with Crippen LogP contribution in [0.5, 0.6) is 0 Å². The second-order valence-electron chi connectivity index (χ2n) is 10.1. The van der Waals surface area contributed by atoms with Crippen LogP contribution in [0.15, 0.2) is 130 Å². The zero-order valence-electron chi connectivity index (χ0n) is 22.6. The maximum Gasteiger partial charge on any atom is -1.00 e. The maximum atomic E-state index is 2.66. The summed E-state index contributed by atoms with van der Waals surface area (Å²) in [5.41, 5.74) is 12.2. The standard InChI is InChI=1S/C24H18N.C10H15.2ClH.Ti/c1-3-11-19(12-4-1)21-15-7-9-17-23(21)25-24-18-10-8-16-22(24)20-13-5-2-6-14-20;1-7-6-10(4,5)9(3)8(7)2;;;/h1-18H;1-5H3;2*1H;/q-1;;;;+3/p-2. The van der Waals surface area contributed by atoms with E-state index in [0.29, 0.717) is 0 Å². The van der Waals surface area contributed by atoms with Crippen LogP contribution in [0.3, 0.4) is 0 Å². The van der Waals surface area contributed by atoms with Crippen LogP contribution in [-0.4, -0.2) is 0 Å². The Labute approximate surface area is 249 Å². The van der Waals surface area contributed by atoms with Crippen LogP contribution >= 0.6 is 0 Å². The van der Waals surface area contributed by atoms with E-state index in [1.54, 1.807) is 3.88 Å². The summed E-state index contributed by atoms with van der Waals surface area (Å²) in [5.74, 6) is 0. The van der Waals surface area contributed by atoms with E-state index in [1.807, 2.05) is 0 Å². The molecule has 0 aliphatic heterocycles. The number of nitrogens with zero attached hydrogens (tertiary/aromatic N) is 1. The predicted octanol–water partition coefficient (Wildman–Crippen LogP) is 3.81. The predicted molar refractivity (Wildman–Crippen MR) is 151 cm³/mol. The van der Waals surface area contributed by atoms with Gasteiger partial charge in [-0.15, -0.1) is 0 Å². The topological polar surface area (TPSA) is 3.24 Å². The first kappa shape index (κ1) is 30.0. The van der Waals surface area contributed by atoms with Gasteiger partial charge in [0.05, 0.1) is 0 Å². The second-order valence-corrected chi connectivity index (χ2v) is 11.9. The summed E-state index contributed by atoms with van der Waals surface area (Å²) in [5, 5.41) is 0. The van der Waals surface area contributed by atoms with Gasteiger partial charge in [-0.1, -0.05) is 0 Å². The van der Waals surface area contributed by atoms with Crippen molar-refractivity contribution < 1.29 is 44.2 Å². The number of para-hydroxylation sites is 2. The third kappa shape index (κ3) is 5.58. The molecule has 0 heterocycles. The quantitative estimate of drug-likeness (QED) is 0.317. The molecule has 4 aromatic rings. The molecule has 0 saturated heterocycles. The molecule has 0 radical (unpaired) electrons. The van der Waals surface area contributed by atoms with E-state index in [9.17, 15) is 0 Å². The van der Waals surface area contributed by atoms with Gasteiger partial charge in [-0.05, 0) is 0 Å². The molecule has 0 bridgehead atoms. The van der Waals surface area contributed by atoms with Crippen LogP contribution in [0.25, 0.3) is 22.3 Å². The van der Waals surface area contributed by atoms with E-state index in [1.165, 1.54) is 50.3 Å². The number of benzene rings is 4. The Balaban J connectivity index is 0.00000200. The van der Waals surface area contributed by atoms with Crippen LogP contribution in [-0.2, 0) is 19.4 Å². The normalized spacial score (nSPS) is 13.9. The van der Waals surface area contributed by atoms with E-state index in [2.05, 4.69) is 147 Å². The Morgan fingerprint density at radius 3 is 1.32 bits per heavy atom. The van der Waals surface area contributed by atoms with Crippen LogP contribution in [0.4, 0.5) is 11.4 Å². The van der Waals surface area contributed by atoms with Gasteiger partial charge < -0.3 is 24.8 Å². The molecule has 0 saturated carbocycles. The van der Waals surface area contributed by atoms with Gasteiger partial charge in [0, 0.05) is 0 Å². The summed E-state index contributed by atoms with van der Waals surface area (Å²) in [6.45, 7) is 11.8. The summed E-state index contributed by atoms with van der Waals surface area (Å²) in [6.07, 6.45) is 0. The Bertz CT molecular complexity index is 1370. The zero-order valence-corrected chi connectivity index (χ0v) is 25.7. The van der Waals surface area contributed by atoms with Gasteiger partial charge in [-0.25, -0.2) is 0 Å². The molecular formula is C34H33Cl2NTi. The minimum Gasteiger partial charge on any atom is -1.00 e. The van der Waals surface area contributed by atoms with Gasteiger partial charge in [0.15, 0.2) is 0 Å². The average Bonchev–Trinajstić information content (AvgIpc) is 3.07. The molecule has 0 unspecified atom stereocenters. The summed E-state index contributed by atoms with van der Waals surface area (Å²) >= 11 is -0.719. The maximum absolute atomic E-state index is 2.66. The Morgan fingerprint density at radius 1 is 0.526 bits per heavy atom. The fraction of sp³-hybridized carbons (Fsp3) is 0.176. The number of hydrogen-bond acceptors (Lipinski definition) is 1.